The quantitative estimate of drug-likeness (QED) is 0.782. The molecule has 0 bridgehead atoms. The van der Waals surface area contributed by atoms with Crippen LogP contribution in [0.15, 0.2) is 18.2 Å². The number of aromatic hydroxyl groups is 1. The van der Waals surface area contributed by atoms with Crippen molar-refractivity contribution in [1.82, 2.24) is 0 Å². The first-order valence-electron chi connectivity index (χ1n) is 3.55. The summed E-state index contributed by atoms with van der Waals surface area (Å²) in [5.74, 6) is -0.305. The van der Waals surface area contributed by atoms with E-state index in [2.05, 4.69) is 0 Å². The molecule has 1 atom stereocenters. The summed E-state index contributed by atoms with van der Waals surface area (Å²) in [6, 6.07) is 2.58. The number of benzene rings is 1. The summed E-state index contributed by atoms with van der Waals surface area (Å²) in [5.41, 5.74) is 5.03. The standard InChI is InChI=1S/C8H8ClF2NO/c9-4-2-1-3-5(13)6(4)7(12)8(10)11/h1-3,7-8,13H,12H2. The van der Waals surface area contributed by atoms with E-state index in [4.69, 9.17) is 17.3 Å². The second-order valence-corrected chi connectivity index (χ2v) is 2.94. The lowest BCUT2D eigenvalue weighted by atomic mass is 10.1. The van der Waals surface area contributed by atoms with Gasteiger partial charge in [0, 0.05) is 10.6 Å². The minimum atomic E-state index is -2.74. The van der Waals surface area contributed by atoms with Gasteiger partial charge in [0.25, 0.3) is 6.43 Å². The highest BCUT2D eigenvalue weighted by Crippen LogP contribution is 2.32. The Labute approximate surface area is 78.9 Å². The molecule has 72 valence electrons. The van der Waals surface area contributed by atoms with Crippen molar-refractivity contribution in [2.45, 2.75) is 12.5 Å². The molecule has 0 radical (unpaired) electrons. The van der Waals surface area contributed by atoms with Crippen molar-refractivity contribution < 1.29 is 13.9 Å². The zero-order chi connectivity index (χ0) is 10.0. The predicted octanol–water partition coefficient (Wildman–Crippen LogP) is 2.31. The van der Waals surface area contributed by atoms with Gasteiger partial charge < -0.3 is 10.8 Å². The van der Waals surface area contributed by atoms with Crippen LogP contribution in [-0.4, -0.2) is 11.5 Å². The largest absolute Gasteiger partial charge is 0.508 e. The molecule has 0 saturated heterocycles. The van der Waals surface area contributed by atoms with Crippen molar-refractivity contribution in [3.8, 4) is 5.75 Å². The first-order valence-corrected chi connectivity index (χ1v) is 3.93. The van der Waals surface area contributed by atoms with Gasteiger partial charge in [-0.3, -0.25) is 0 Å². The van der Waals surface area contributed by atoms with Crippen LogP contribution in [0.2, 0.25) is 5.02 Å². The maximum Gasteiger partial charge on any atom is 0.257 e. The smallest absolute Gasteiger partial charge is 0.257 e. The number of hydrogen-bond acceptors (Lipinski definition) is 2. The van der Waals surface area contributed by atoms with Crippen molar-refractivity contribution in [2.75, 3.05) is 0 Å². The average molecular weight is 208 g/mol. The number of nitrogens with two attached hydrogens (primary N) is 1. The van der Waals surface area contributed by atoms with Gasteiger partial charge >= 0.3 is 0 Å². The molecule has 1 unspecified atom stereocenters. The van der Waals surface area contributed by atoms with Crippen molar-refractivity contribution >= 4 is 11.6 Å². The zero-order valence-corrected chi connectivity index (χ0v) is 7.30. The second kappa shape index (κ2) is 3.89. The van der Waals surface area contributed by atoms with E-state index >= 15 is 0 Å². The molecule has 0 spiro atoms. The first-order chi connectivity index (χ1) is 6.04. The highest BCUT2D eigenvalue weighted by molar-refractivity contribution is 6.31. The Balaban J connectivity index is 3.12. The van der Waals surface area contributed by atoms with Crippen molar-refractivity contribution in [2.24, 2.45) is 5.73 Å². The van der Waals surface area contributed by atoms with E-state index in [1.165, 1.54) is 18.2 Å². The van der Waals surface area contributed by atoms with E-state index in [9.17, 15) is 13.9 Å². The molecule has 3 N–H and O–H groups in total. The third-order valence-electron chi connectivity index (χ3n) is 1.63. The third kappa shape index (κ3) is 2.08. The van der Waals surface area contributed by atoms with Gasteiger partial charge in [-0.1, -0.05) is 17.7 Å². The van der Waals surface area contributed by atoms with E-state index < -0.39 is 12.5 Å². The molecule has 0 fully saturated rings. The SMILES string of the molecule is NC(c1c(O)cccc1Cl)C(F)F. The molecule has 0 saturated carbocycles. The van der Waals surface area contributed by atoms with Gasteiger partial charge in [0.15, 0.2) is 0 Å². The fourth-order valence-electron chi connectivity index (χ4n) is 0.982. The number of phenols is 1. The topological polar surface area (TPSA) is 46.2 Å². The molecule has 5 heteroatoms. The fourth-order valence-corrected chi connectivity index (χ4v) is 1.28. The number of halogens is 3. The molecule has 0 aliphatic carbocycles. The summed E-state index contributed by atoms with van der Waals surface area (Å²) in [6.07, 6.45) is -2.74. The highest BCUT2D eigenvalue weighted by Gasteiger charge is 2.22. The number of rotatable bonds is 2. The molecule has 0 aromatic heterocycles. The molecular weight excluding hydrogens is 200 g/mol. The summed E-state index contributed by atoms with van der Waals surface area (Å²) >= 11 is 5.60. The monoisotopic (exact) mass is 207 g/mol. The van der Waals surface area contributed by atoms with Crippen LogP contribution >= 0.6 is 11.6 Å². The van der Waals surface area contributed by atoms with Gasteiger partial charge in [0.1, 0.15) is 5.75 Å². The van der Waals surface area contributed by atoms with Gasteiger partial charge in [-0.15, -0.1) is 0 Å². The Morgan fingerprint density at radius 1 is 1.38 bits per heavy atom. The number of alkyl halides is 2. The molecule has 0 amide bonds. The van der Waals surface area contributed by atoms with E-state index in [-0.39, 0.29) is 16.3 Å². The maximum atomic E-state index is 12.2. The maximum absolute atomic E-state index is 12.2. The Bertz CT molecular complexity index is 286. The summed E-state index contributed by atoms with van der Waals surface area (Å²) in [4.78, 5) is 0. The van der Waals surface area contributed by atoms with Crippen LogP contribution in [0, 0.1) is 0 Å². The Hall–Kier alpha value is -0.870. The minimum absolute atomic E-state index is 0.0489. The second-order valence-electron chi connectivity index (χ2n) is 2.53. The number of hydrogen-bond donors (Lipinski definition) is 2. The van der Waals surface area contributed by atoms with Crippen LogP contribution in [0.4, 0.5) is 8.78 Å². The molecule has 2 nitrogen and oxygen atoms in total. The minimum Gasteiger partial charge on any atom is -0.508 e. The highest BCUT2D eigenvalue weighted by atomic mass is 35.5. The first kappa shape index (κ1) is 10.2. The van der Waals surface area contributed by atoms with E-state index in [1.807, 2.05) is 0 Å². The molecule has 13 heavy (non-hydrogen) atoms. The third-order valence-corrected chi connectivity index (χ3v) is 1.96. The van der Waals surface area contributed by atoms with Crippen LogP contribution in [0.3, 0.4) is 0 Å². The summed E-state index contributed by atoms with van der Waals surface area (Å²) < 4.78 is 24.4. The molecule has 1 aromatic carbocycles. The lowest BCUT2D eigenvalue weighted by Crippen LogP contribution is -2.19. The summed E-state index contributed by atoms with van der Waals surface area (Å²) in [7, 11) is 0. The Morgan fingerprint density at radius 2 is 2.00 bits per heavy atom. The molecule has 1 aromatic rings. The van der Waals surface area contributed by atoms with Gasteiger partial charge in [0.05, 0.1) is 6.04 Å². The van der Waals surface area contributed by atoms with Crippen LogP contribution < -0.4 is 5.73 Å². The fraction of sp³-hybridized carbons (Fsp3) is 0.250. The predicted molar refractivity (Wildman–Crippen MR) is 46.0 cm³/mol. The molecular formula is C8H8ClF2NO. The van der Waals surface area contributed by atoms with E-state index in [0.29, 0.717) is 0 Å². The van der Waals surface area contributed by atoms with Gasteiger partial charge in [-0.05, 0) is 12.1 Å². The van der Waals surface area contributed by atoms with Gasteiger partial charge in [0.2, 0.25) is 0 Å². The lowest BCUT2D eigenvalue weighted by molar-refractivity contribution is 0.115. The van der Waals surface area contributed by atoms with Crippen LogP contribution in [0.1, 0.15) is 11.6 Å². The van der Waals surface area contributed by atoms with Crippen LogP contribution in [-0.2, 0) is 0 Å². The van der Waals surface area contributed by atoms with E-state index in [0.717, 1.165) is 0 Å². The Kier molecular flexibility index (Phi) is 3.06. The van der Waals surface area contributed by atoms with Crippen molar-refractivity contribution in [3.05, 3.63) is 28.8 Å². The Morgan fingerprint density at radius 3 is 2.46 bits per heavy atom. The molecule has 1 rings (SSSR count). The lowest BCUT2D eigenvalue weighted by Gasteiger charge is -2.13. The van der Waals surface area contributed by atoms with Gasteiger partial charge in [-0.2, -0.15) is 0 Å². The van der Waals surface area contributed by atoms with Crippen LogP contribution in [0.25, 0.3) is 0 Å². The summed E-state index contributed by atoms with van der Waals surface area (Å²) in [5, 5.41) is 9.26. The molecule has 0 aliphatic rings. The van der Waals surface area contributed by atoms with Gasteiger partial charge in [-0.25, -0.2) is 8.78 Å². The van der Waals surface area contributed by atoms with Crippen molar-refractivity contribution in [1.29, 1.82) is 0 Å². The molecule has 0 heterocycles. The summed E-state index contributed by atoms with van der Waals surface area (Å²) in [6.45, 7) is 0. The zero-order valence-electron chi connectivity index (χ0n) is 6.55. The molecule has 0 aliphatic heterocycles. The number of phenolic OH excluding ortho intramolecular Hbond substituents is 1. The van der Waals surface area contributed by atoms with Crippen molar-refractivity contribution in [3.63, 3.8) is 0 Å². The van der Waals surface area contributed by atoms with E-state index in [1.54, 1.807) is 0 Å². The average Bonchev–Trinajstić information content (AvgIpc) is 2.03. The normalized spacial score (nSPS) is 13.3. The van der Waals surface area contributed by atoms with Crippen LogP contribution in [0.5, 0.6) is 5.75 Å².